The van der Waals surface area contributed by atoms with Crippen molar-refractivity contribution in [3.8, 4) is 0 Å². The van der Waals surface area contributed by atoms with Crippen molar-refractivity contribution in [3.63, 3.8) is 0 Å². The number of halogens is 22. The normalized spacial score (nSPS) is 2.35. The molecule has 0 aliphatic rings. The molecule has 0 radical (unpaired) electrons. The van der Waals surface area contributed by atoms with Crippen molar-refractivity contribution in [1.29, 1.82) is 0 Å². The van der Waals surface area contributed by atoms with Crippen molar-refractivity contribution in [2.75, 3.05) is 0 Å². The predicted octanol–water partition coefficient (Wildman–Crippen LogP) is 8.81. The minimum Gasteiger partial charge on any atom is -0.269 e. The summed E-state index contributed by atoms with van der Waals surface area (Å²) in [6.07, 6.45) is 0. The first-order valence-corrected chi connectivity index (χ1v) is 1.29. The van der Waals surface area contributed by atoms with E-state index in [0.717, 1.165) is 0 Å². The molecule has 0 aromatic carbocycles. The van der Waals surface area contributed by atoms with E-state index in [1.807, 2.05) is 0 Å². The summed E-state index contributed by atoms with van der Waals surface area (Å²) in [5, 5.41) is 0. The van der Waals surface area contributed by atoms with E-state index in [2.05, 4.69) is 0 Å². The molecule has 0 heterocycles. The largest absolute Gasteiger partial charge is 0.269 e. The van der Waals surface area contributed by atoms with Gasteiger partial charge < -0.3 is 0 Å². The standard InChI is InChI=1S/CH4.9F2.4FH/c;9*1-2;;;;/h1H4;;;;;;;;;;4*1H. The highest BCUT2D eigenvalue weighted by molar-refractivity contribution is 2.50. The molecule has 0 nitrogen and oxygen atoms in total. The molecule has 0 aliphatic heterocycles. The van der Waals surface area contributed by atoms with Gasteiger partial charge in [-0.05, 0) is 0 Å². The molecule has 0 N–H and O–H groups in total. The van der Waals surface area contributed by atoms with Gasteiger partial charge in [0.2, 0.25) is 0 Å². The monoisotopic (exact) mass is 438 g/mol. The third-order valence-electron chi connectivity index (χ3n) is 0. The highest BCUT2D eigenvalue weighted by Crippen LogP contribution is 1.44. The maximum absolute atomic E-state index is 8.00. The minimum atomic E-state index is 0. The number of hydrogen-bond donors (Lipinski definition) is 0. The Balaban J connectivity index is -0.00000000321. The molecular formula is CH8F22. The Morgan fingerprint density at radius 1 is 0.174 bits per heavy atom. The molecule has 0 unspecified atom stereocenters. The summed E-state index contributed by atoms with van der Waals surface area (Å²) in [5.74, 6) is 0. The van der Waals surface area contributed by atoms with Gasteiger partial charge in [-0.25, -0.2) is 0 Å². The molecule has 0 amide bonds. The molecule has 23 heavy (non-hydrogen) atoms. The lowest BCUT2D eigenvalue weighted by molar-refractivity contribution is 0.108. The first kappa shape index (κ1) is 161. The zero-order chi connectivity index (χ0) is 18.0. The van der Waals surface area contributed by atoms with Crippen molar-refractivity contribution >= 4 is 0 Å². The Morgan fingerprint density at radius 3 is 0.174 bits per heavy atom. The van der Waals surface area contributed by atoms with Crippen LogP contribution in [0.4, 0.5) is 101 Å². The quantitative estimate of drug-likeness (QED) is 0.332. The highest BCUT2D eigenvalue weighted by Gasteiger charge is 1.02. The Morgan fingerprint density at radius 2 is 0.174 bits per heavy atom. The molecule has 0 aliphatic carbocycles. The first-order chi connectivity index (χ1) is 9.00. The van der Waals surface area contributed by atoms with Crippen LogP contribution in [0, 0.1) is 0 Å². The van der Waals surface area contributed by atoms with Crippen molar-refractivity contribution in [2.24, 2.45) is 0 Å². The summed E-state index contributed by atoms with van der Waals surface area (Å²) in [4.78, 5) is 0. The molecule has 0 spiro atoms. The van der Waals surface area contributed by atoms with E-state index >= 15 is 0 Å². The average molecular weight is 438 g/mol. The van der Waals surface area contributed by atoms with Crippen LogP contribution >= 0.6 is 0 Å². The van der Waals surface area contributed by atoms with Crippen LogP contribution < -0.4 is 0 Å². The van der Waals surface area contributed by atoms with Crippen LogP contribution in [0.25, 0.3) is 0 Å². The van der Waals surface area contributed by atoms with Gasteiger partial charge in [-0.1, -0.05) is 7.43 Å². The van der Waals surface area contributed by atoms with E-state index in [9.17, 15) is 0 Å². The Labute approximate surface area is 110 Å². The molecule has 0 aromatic rings. The van der Waals surface area contributed by atoms with Gasteiger partial charge >= 0.3 is 0 Å². The SMILES string of the molecule is C.F.F.F.F.FF.FF.FF.FF.FF.FF.FF.FF.FF. The van der Waals surface area contributed by atoms with Crippen molar-refractivity contribution < 1.29 is 101 Å². The van der Waals surface area contributed by atoms with Gasteiger partial charge in [-0.2, -0.15) is 0 Å². The van der Waals surface area contributed by atoms with Gasteiger partial charge in [0.25, 0.3) is 0 Å². The molecule has 22 heteroatoms. The van der Waals surface area contributed by atoms with Crippen molar-refractivity contribution in [2.45, 2.75) is 7.43 Å². The van der Waals surface area contributed by atoms with Gasteiger partial charge in [0, 0.05) is 82.3 Å². The lowest BCUT2D eigenvalue weighted by Gasteiger charge is -1.00. The maximum Gasteiger partial charge on any atom is 0 e. The van der Waals surface area contributed by atoms with Crippen LogP contribution in [0.15, 0.2) is 0 Å². The fraction of sp³-hybridized carbons (Fsp3) is 1.00. The molecule has 0 bridgehead atoms. The Hall–Kier alpha value is -1.54. The molecule has 0 saturated heterocycles. The van der Waals surface area contributed by atoms with Gasteiger partial charge in [0.05, 0.1) is 0 Å². The van der Waals surface area contributed by atoms with Crippen molar-refractivity contribution in [1.82, 2.24) is 0 Å². The molecule has 0 fully saturated rings. The molecule has 0 aromatic heterocycles. The molecular weight excluding hydrogens is 430 g/mol. The molecule has 166 valence electrons. The third kappa shape index (κ3) is 2940. The summed E-state index contributed by atoms with van der Waals surface area (Å²) >= 11 is 0. The second kappa shape index (κ2) is 3270. The van der Waals surface area contributed by atoms with Gasteiger partial charge in [-0.15, -0.1) is 0 Å². The van der Waals surface area contributed by atoms with E-state index in [-0.39, 0.29) is 26.2 Å². The topological polar surface area (TPSA) is 0 Å². The number of hydrogen-bond acceptors (Lipinski definition) is 0. The van der Waals surface area contributed by atoms with Gasteiger partial charge in [0.1, 0.15) is 0 Å². The number of rotatable bonds is 0. The summed E-state index contributed by atoms with van der Waals surface area (Å²) in [6, 6.07) is 0. The van der Waals surface area contributed by atoms with Crippen LogP contribution in [0.3, 0.4) is 0 Å². The summed E-state index contributed by atoms with van der Waals surface area (Å²) in [7, 11) is 0. The van der Waals surface area contributed by atoms with Crippen LogP contribution in [-0.2, 0) is 0 Å². The van der Waals surface area contributed by atoms with E-state index < -0.39 is 0 Å². The van der Waals surface area contributed by atoms with E-state index in [0.29, 0.717) is 0 Å². The Bertz CT molecular complexity index is 5.93. The second-order valence-corrected chi connectivity index (χ2v) is 0. The first-order valence-electron chi connectivity index (χ1n) is 1.29. The smallest absolute Gasteiger partial charge is 0 e. The minimum absolute atomic E-state index is 0. The van der Waals surface area contributed by atoms with E-state index in [1.54, 1.807) is 0 Å². The zero-order valence-electron chi connectivity index (χ0n) is 8.44. The third-order valence-corrected chi connectivity index (χ3v) is 0. The predicted molar refractivity (Wildman–Crippen MR) is 36.7 cm³/mol. The van der Waals surface area contributed by atoms with Crippen LogP contribution in [0.5, 0.6) is 0 Å². The fourth-order valence-corrected chi connectivity index (χ4v) is 0. The lowest BCUT2D eigenvalue weighted by atomic mass is 12.0. The highest BCUT2D eigenvalue weighted by atomic mass is 20.0. The molecule has 0 atom stereocenters. The van der Waals surface area contributed by atoms with E-state index in [1.165, 1.54) is 0 Å². The summed E-state index contributed by atoms with van der Waals surface area (Å²) in [6.45, 7) is 0. The van der Waals surface area contributed by atoms with Crippen LogP contribution in [0.2, 0.25) is 0 Å². The maximum atomic E-state index is 8.00. The molecule has 0 saturated carbocycles. The van der Waals surface area contributed by atoms with E-state index in [4.69, 9.17) is 82.3 Å². The van der Waals surface area contributed by atoms with Crippen LogP contribution in [-0.4, -0.2) is 0 Å². The Kier molecular flexibility index (Phi) is 22900. The fourth-order valence-electron chi connectivity index (χ4n) is 0. The lowest BCUT2D eigenvalue weighted by Crippen LogP contribution is -0.580. The van der Waals surface area contributed by atoms with Gasteiger partial charge in [0.15, 0.2) is 0 Å². The molecule has 0 rings (SSSR count). The summed E-state index contributed by atoms with van der Waals surface area (Å²) < 4.78 is 144. The van der Waals surface area contributed by atoms with Crippen LogP contribution in [0.1, 0.15) is 7.43 Å². The zero-order valence-corrected chi connectivity index (χ0v) is 8.44. The summed E-state index contributed by atoms with van der Waals surface area (Å²) in [5.41, 5.74) is 0. The van der Waals surface area contributed by atoms with Gasteiger partial charge in [-0.3, -0.25) is 18.8 Å². The second-order valence-electron chi connectivity index (χ2n) is 0. The average Bonchev–Trinajstić information content (AvgIpc) is 2.63. The van der Waals surface area contributed by atoms with Crippen molar-refractivity contribution in [3.05, 3.63) is 0 Å².